The Bertz CT molecular complexity index is 984. The van der Waals surface area contributed by atoms with Gasteiger partial charge in [0.1, 0.15) is 11.6 Å². The molecule has 0 saturated heterocycles. The van der Waals surface area contributed by atoms with Gasteiger partial charge in [-0.1, -0.05) is 49.4 Å². The maximum atomic E-state index is 13.2. The lowest BCUT2D eigenvalue weighted by atomic mass is 10.1. The summed E-state index contributed by atoms with van der Waals surface area (Å²) in [6.45, 7) is 5.83. The molecule has 1 amide bonds. The second-order valence-electron chi connectivity index (χ2n) is 7.44. The zero-order valence-corrected chi connectivity index (χ0v) is 16.9. The topological polar surface area (TPSA) is 60.2 Å². The zero-order valence-electron chi connectivity index (χ0n) is 16.9. The molecule has 4 rings (SSSR count). The van der Waals surface area contributed by atoms with Crippen molar-refractivity contribution in [2.75, 3.05) is 13.2 Å². The van der Waals surface area contributed by atoms with Gasteiger partial charge in [-0.15, -0.1) is 10.2 Å². The van der Waals surface area contributed by atoms with Crippen LogP contribution < -0.4 is 4.74 Å². The molecule has 0 bridgehead atoms. The Labute approximate surface area is 171 Å². The van der Waals surface area contributed by atoms with Crippen LogP contribution >= 0.6 is 0 Å². The zero-order chi connectivity index (χ0) is 20.2. The first-order chi connectivity index (χ1) is 14.2. The monoisotopic (exact) mass is 390 g/mol. The van der Waals surface area contributed by atoms with Gasteiger partial charge in [0.25, 0.3) is 5.91 Å². The fourth-order valence-corrected chi connectivity index (χ4v) is 3.82. The van der Waals surface area contributed by atoms with E-state index < -0.39 is 0 Å². The Morgan fingerprint density at radius 2 is 1.86 bits per heavy atom. The van der Waals surface area contributed by atoms with Crippen LogP contribution in [0, 0.1) is 0 Å². The molecule has 1 aliphatic heterocycles. The fourth-order valence-electron chi connectivity index (χ4n) is 3.82. The van der Waals surface area contributed by atoms with Crippen molar-refractivity contribution in [3.8, 4) is 5.75 Å². The Balaban J connectivity index is 1.55. The first-order valence-electron chi connectivity index (χ1n) is 10.1. The van der Waals surface area contributed by atoms with E-state index in [1.54, 1.807) is 0 Å². The lowest BCUT2D eigenvalue weighted by Gasteiger charge is -2.33. The van der Waals surface area contributed by atoms with Crippen molar-refractivity contribution in [2.45, 2.75) is 39.3 Å². The second-order valence-corrected chi connectivity index (χ2v) is 7.44. The Hall–Kier alpha value is -3.15. The number of hydrogen-bond donors (Lipinski definition) is 0. The van der Waals surface area contributed by atoms with E-state index in [4.69, 9.17) is 4.74 Å². The molecule has 150 valence electrons. The molecule has 2 heterocycles. The van der Waals surface area contributed by atoms with Crippen molar-refractivity contribution in [1.29, 1.82) is 0 Å². The van der Waals surface area contributed by atoms with Crippen molar-refractivity contribution in [2.24, 2.45) is 0 Å². The SMILES string of the molecule is CCCOc1ccccc1C(=O)N1Cc2nnc(Cc3ccccc3)n2[C@@H](C)C1. The maximum absolute atomic E-state index is 13.2. The summed E-state index contributed by atoms with van der Waals surface area (Å²) >= 11 is 0. The van der Waals surface area contributed by atoms with E-state index in [0.717, 1.165) is 24.5 Å². The third-order valence-electron chi connectivity index (χ3n) is 5.17. The molecule has 0 fully saturated rings. The molecule has 0 spiro atoms. The number of rotatable bonds is 6. The number of aromatic nitrogens is 3. The van der Waals surface area contributed by atoms with E-state index in [0.29, 0.717) is 31.0 Å². The van der Waals surface area contributed by atoms with Gasteiger partial charge in [-0.3, -0.25) is 4.79 Å². The van der Waals surface area contributed by atoms with Gasteiger partial charge in [0.05, 0.1) is 24.8 Å². The van der Waals surface area contributed by atoms with Crippen molar-refractivity contribution >= 4 is 5.91 Å². The molecule has 0 unspecified atom stereocenters. The van der Waals surface area contributed by atoms with Gasteiger partial charge in [0.2, 0.25) is 0 Å². The van der Waals surface area contributed by atoms with Crippen LogP contribution in [0.4, 0.5) is 0 Å². The number of benzene rings is 2. The molecular formula is C23H26N4O2. The summed E-state index contributed by atoms with van der Waals surface area (Å²) in [4.78, 5) is 15.1. The van der Waals surface area contributed by atoms with Crippen molar-refractivity contribution in [3.05, 3.63) is 77.4 Å². The molecule has 1 aromatic heterocycles. The lowest BCUT2D eigenvalue weighted by molar-refractivity contribution is 0.0675. The first-order valence-corrected chi connectivity index (χ1v) is 10.1. The molecule has 0 aliphatic carbocycles. The molecule has 3 aromatic rings. The van der Waals surface area contributed by atoms with E-state index in [-0.39, 0.29) is 11.9 Å². The van der Waals surface area contributed by atoms with Gasteiger partial charge >= 0.3 is 0 Å². The van der Waals surface area contributed by atoms with Crippen LogP contribution in [0.5, 0.6) is 5.75 Å². The number of para-hydroxylation sites is 1. The van der Waals surface area contributed by atoms with Crippen LogP contribution in [0.3, 0.4) is 0 Å². The number of carbonyl (C=O) groups excluding carboxylic acids is 1. The molecule has 6 heteroatoms. The standard InChI is InChI=1S/C23H26N4O2/c1-3-13-29-20-12-8-7-11-19(20)23(28)26-15-17(2)27-21(24-25-22(27)16-26)14-18-9-5-4-6-10-18/h4-12,17H,3,13-16H2,1-2H3/t17-/m0/s1. The molecule has 2 aromatic carbocycles. The molecular weight excluding hydrogens is 364 g/mol. The molecule has 0 radical (unpaired) electrons. The molecule has 29 heavy (non-hydrogen) atoms. The minimum absolute atomic E-state index is 0.0255. The summed E-state index contributed by atoms with van der Waals surface area (Å²) in [6, 6.07) is 17.8. The minimum Gasteiger partial charge on any atom is -0.493 e. The molecule has 1 atom stereocenters. The average molecular weight is 390 g/mol. The third-order valence-corrected chi connectivity index (χ3v) is 5.17. The number of amides is 1. The molecule has 0 N–H and O–H groups in total. The van der Waals surface area contributed by atoms with Crippen LogP contribution in [-0.2, 0) is 13.0 Å². The summed E-state index contributed by atoms with van der Waals surface area (Å²) < 4.78 is 7.96. The van der Waals surface area contributed by atoms with Gasteiger partial charge in [0.15, 0.2) is 5.82 Å². The normalized spacial score (nSPS) is 15.8. The Morgan fingerprint density at radius 1 is 1.10 bits per heavy atom. The summed E-state index contributed by atoms with van der Waals surface area (Å²) in [7, 11) is 0. The predicted octanol–water partition coefficient (Wildman–Crippen LogP) is 3.87. The van der Waals surface area contributed by atoms with Gasteiger partial charge in [-0.05, 0) is 31.0 Å². The second kappa shape index (κ2) is 8.47. The van der Waals surface area contributed by atoms with E-state index in [1.165, 1.54) is 5.56 Å². The van der Waals surface area contributed by atoms with Crippen LogP contribution in [0.2, 0.25) is 0 Å². The summed E-state index contributed by atoms with van der Waals surface area (Å²) in [5.41, 5.74) is 1.81. The van der Waals surface area contributed by atoms with Crippen LogP contribution in [0.15, 0.2) is 54.6 Å². The Morgan fingerprint density at radius 3 is 2.66 bits per heavy atom. The van der Waals surface area contributed by atoms with Crippen LogP contribution in [0.1, 0.15) is 53.9 Å². The van der Waals surface area contributed by atoms with Crippen molar-refractivity contribution in [1.82, 2.24) is 19.7 Å². The first kappa shape index (κ1) is 19.2. The fraction of sp³-hybridized carbons (Fsp3) is 0.348. The number of fused-ring (bicyclic) bond motifs is 1. The molecule has 0 saturated carbocycles. The van der Waals surface area contributed by atoms with E-state index in [9.17, 15) is 4.79 Å². The highest BCUT2D eigenvalue weighted by molar-refractivity contribution is 5.97. The number of nitrogens with zero attached hydrogens (tertiary/aromatic N) is 4. The van der Waals surface area contributed by atoms with Gasteiger partial charge in [-0.25, -0.2) is 0 Å². The summed E-state index contributed by atoms with van der Waals surface area (Å²) in [6.07, 6.45) is 1.64. The van der Waals surface area contributed by atoms with Gasteiger partial charge in [-0.2, -0.15) is 0 Å². The minimum atomic E-state index is -0.0255. The smallest absolute Gasteiger partial charge is 0.258 e. The quantitative estimate of drug-likeness (QED) is 0.641. The number of hydrogen-bond acceptors (Lipinski definition) is 4. The van der Waals surface area contributed by atoms with Gasteiger partial charge in [0, 0.05) is 13.0 Å². The highest BCUT2D eigenvalue weighted by atomic mass is 16.5. The highest BCUT2D eigenvalue weighted by Gasteiger charge is 2.30. The van der Waals surface area contributed by atoms with Crippen LogP contribution in [-0.4, -0.2) is 38.7 Å². The van der Waals surface area contributed by atoms with E-state index in [2.05, 4.69) is 40.7 Å². The van der Waals surface area contributed by atoms with E-state index >= 15 is 0 Å². The maximum Gasteiger partial charge on any atom is 0.258 e. The lowest BCUT2D eigenvalue weighted by Crippen LogP contribution is -2.41. The summed E-state index contributed by atoms with van der Waals surface area (Å²) in [5, 5.41) is 8.81. The van der Waals surface area contributed by atoms with Crippen molar-refractivity contribution < 1.29 is 9.53 Å². The summed E-state index contributed by atoms with van der Waals surface area (Å²) in [5.74, 6) is 2.39. The highest BCUT2D eigenvalue weighted by Crippen LogP contribution is 2.27. The van der Waals surface area contributed by atoms with Crippen molar-refractivity contribution in [3.63, 3.8) is 0 Å². The number of carbonyl (C=O) groups is 1. The predicted molar refractivity (Wildman–Crippen MR) is 111 cm³/mol. The third kappa shape index (κ3) is 4.01. The van der Waals surface area contributed by atoms with E-state index in [1.807, 2.05) is 47.4 Å². The average Bonchev–Trinajstić information content (AvgIpc) is 3.16. The Kier molecular flexibility index (Phi) is 5.60. The molecule has 1 aliphatic rings. The van der Waals surface area contributed by atoms with Gasteiger partial charge < -0.3 is 14.2 Å². The largest absolute Gasteiger partial charge is 0.493 e. The number of ether oxygens (including phenoxy) is 1. The molecule has 6 nitrogen and oxygen atoms in total. The van der Waals surface area contributed by atoms with Crippen LogP contribution in [0.25, 0.3) is 0 Å².